The number of hydrogen-bond donors (Lipinski definition) is 0. The van der Waals surface area contributed by atoms with Gasteiger partial charge in [-0.05, 0) is 62.4 Å². The molecule has 0 spiro atoms. The SMILES string of the molecule is CCOc1ccc(-n2c(C(C)N(C)C(=O)c3ccccc3F)nc3ccccc3c2=O)cc1. The molecule has 0 aliphatic carbocycles. The van der Waals surface area contributed by atoms with Crippen LogP contribution in [0.4, 0.5) is 4.39 Å². The van der Waals surface area contributed by atoms with Crippen LogP contribution >= 0.6 is 0 Å². The quantitative estimate of drug-likeness (QED) is 0.429. The summed E-state index contributed by atoms with van der Waals surface area (Å²) in [5, 5.41) is 0.463. The zero-order valence-electron chi connectivity index (χ0n) is 18.7. The van der Waals surface area contributed by atoms with E-state index in [2.05, 4.69) is 0 Å². The molecular weight excluding hydrogens is 421 g/mol. The molecule has 0 N–H and O–H groups in total. The standard InChI is InChI=1S/C26H24FN3O3/c1-4-33-19-15-13-18(14-16-19)30-24(28-23-12-8-6-10-21(23)26(30)32)17(2)29(3)25(31)20-9-5-7-11-22(20)27/h5-17H,4H2,1-3H3. The molecule has 168 valence electrons. The summed E-state index contributed by atoms with van der Waals surface area (Å²) in [5.74, 6) is -0.0438. The van der Waals surface area contributed by atoms with Gasteiger partial charge in [0.2, 0.25) is 0 Å². The van der Waals surface area contributed by atoms with Crippen molar-refractivity contribution in [2.45, 2.75) is 19.9 Å². The van der Waals surface area contributed by atoms with E-state index in [0.29, 0.717) is 34.8 Å². The highest BCUT2D eigenvalue weighted by Crippen LogP contribution is 2.24. The van der Waals surface area contributed by atoms with Gasteiger partial charge in [-0.25, -0.2) is 9.37 Å². The Balaban J connectivity index is 1.85. The van der Waals surface area contributed by atoms with E-state index in [0.717, 1.165) is 0 Å². The van der Waals surface area contributed by atoms with Crippen LogP contribution in [0.2, 0.25) is 0 Å². The summed E-state index contributed by atoms with van der Waals surface area (Å²) in [6.45, 7) is 4.19. The number of fused-ring (bicyclic) bond motifs is 1. The Morgan fingerprint density at radius 2 is 1.73 bits per heavy atom. The van der Waals surface area contributed by atoms with Crippen molar-refractivity contribution in [2.75, 3.05) is 13.7 Å². The van der Waals surface area contributed by atoms with E-state index in [-0.39, 0.29) is 11.1 Å². The summed E-state index contributed by atoms with van der Waals surface area (Å²) < 4.78 is 21.3. The largest absolute Gasteiger partial charge is 0.494 e. The topological polar surface area (TPSA) is 64.4 Å². The first-order chi connectivity index (χ1) is 15.9. The first-order valence-electron chi connectivity index (χ1n) is 10.7. The van der Waals surface area contributed by atoms with Crippen LogP contribution in [0, 0.1) is 5.82 Å². The molecule has 4 rings (SSSR count). The maximum atomic E-state index is 14.3. The molecule has 1 heterocycles. The number of rotatable bonds is 6. The lowest BCUT2D eigenvalue weighted by Gasteiger charge is -2.27. The third-order valence-corrected chi connectivity index (χ3v) is 5.59. The average molecular weight is 445 g/mol. The molecule has 1 unspecified atom stereocenters. The van der Waals surface area contributed by atoms with Crippen LogP contribution < -0.4 is 10.3 Å². The van der Waals surface area contributed by atoms with E-state index >= 15 is 0 Å². The Morgan fingerprint density at radius 1 is 1.06 bits per heavy atom. The molecule has 0 aliphatic heterocycles. The van der Waals surface area contributed by atoms with Crippen molar-refractivity contribution in [3.8, 4) is 11.4 Å². The predicted molar refractivity (Wildman–Crippen MR) is 125 cm³/mol. The second-order valence-corrected chi connectivity index (χ2v) is 7.63. The van der Waals surface area contributed by atoms with Crippen LogP contribution in [0.1, 0.15) is 36.1 Å². The van der Waals surface area contributed by atoms with Gasteiger partial charge in [0.1, 0.15) is 17.4 Å². The normalized spacial score (nSPS) is 11.9. The summed E-state index contributed by atoms with van der Waals surface area (Å²) in [5.41, 5.74) is 0.828. The lowest BCUT2D eigenvalue weighted by Crippen LogP contribution is -2.35. The lowest BCUT2D eigenvalue weighted by molar-refractivity contribution is 0.0730. The number of hydrogen-bond acceptors (Lipinski definition) is 4. The van der Waals surface area contributed by atoms with E-state index < -0.39 is 17.8 Å². The number of ether oxygens (including phenoxy) is 1. The van der Waals surface area contributed by atoms with E-state index in [1.807, 2.05) is 6.92 Å². The van der Waals surface area contributed by atoms with Gasteiger partial charge >= 0.3 is 0 Å². The number of benzene rings is 3. The minimum absolute atomic E-state index is 0.0393. The number of nitrogens with zero attached hydrogens (tertiary/aromatic N) is 3. The first kappa shape index (κ1) is 22.2. The van der Waals surface area contributed by atoms with E-state index in [4.69, 9.17) is 9.72 Å². The Kier molecular flexibility index (Phi) is 6.22. The van der Waals surface area contributed by atoms with Crippen LogP contribution in [0.5, 0.6) is 5.75 Å². The number of carbonyl (C=O) groups excluding carboxylic acids is 1. The van der Waals surface area contributed by atoms with E-state index in [1.54, 1.807) is 68.6 Å². The molecule has 0 fully saturated rings. The summed E-state index contributed by atoms with van der Waals surface area (Å²) in [6, 6.07) is 19.4. The maximum Gasteiger partial charge on any atom is 0.266 e. The van der Waals surface area contributed by atoms with Crippen LogP contribution in [0.3, 0.4) is 0 Å². The molecule has 1 aromatic heterocycles. The van der Waals surface area contributed by atoms with Crippen LogP contribution in [-0.4, -0.2) is 34.0 Å². The lowest BCUT2D eigenvalue weighted by atomic mass is 10.1. The van der Waals surface area contributed by atoms with Gasteiger partial charge in [-0.1, -0.05) is 24.3 Å². The summed E-state index contributed by atoms with van der Waals surface area (Å²) in [4.78, 5) is 32.7. The van der Waals surface area contributed by atoms with Crippen LogP contribution in [-0.2, 0) is 0 Å². The van der Waals surface area contributed by atoms with Crippen molar-refractivity contribution in [2.24, 2.45) is 0 Å². The molecule has 0 radical (unpaired) electrons. The first-order valence-corrected chi connectivity index (χ1v) is 10.7. The Bertz CT molecular complexity index is 1370. The zero-order valence-corrected chi connectivity index (χ0v) is 18.7. The van der Waals surface area contributed by atoms with Gasteiger partial charge in [-0.15, -0.1) is 0 Å². The third-order valence-electron chi connectivity index (χ3n) is 5.59. The predicted octanol–water partition coefficient (Wildman–Crippen LogP) is 4.76. The monoisotopic (exact) mass is 445 g/mol. The molecule has 0 aliphatic rings. The number of amides is 1. The van der Waals surface area contributed by atoms with Gasteiger partial charge < -0.3 is 9.64 Å². The fraction of sp³-hybridized carbons (Fsp3) is 0.192. The van der Waals surface area contributed by atoms with Gasteiger partial charge in [0, 0.05) is 7.05 Å². The summed E-state index contributed by atoms with van der Waals surface area (Å²) in [7, 11) is 1.57. The molecule has 1 atom stereocenters. The number of aromatic nitrogens is 2. The fourth-order valence-electron chi connectivity index (χ4n) is 3.71. The molecule has 3 aromatic carbocycles. The maximum absolute atomic E-state index is 14.3. The van der Waals surface area contributed by atoms with Crippen molar-refractivity contribution in [3.05, 3.63) is 100 Å². The minimum atomic E-state index is -0.624. The van der Waals surface area contributed by atoms with Gasteiger partial charge in [0.15, 0.2) is 0 Å². The second kappa shape index (κ2) is 9.24. The molecule has 7 heteroatoms. The second-order valence-electron chi connectivity index (χ2n) is 7.63. The van der Waals surface area contributed by atoms with Gasteiger partial charge in [-0.2, -0.15) is 0 Å². The third kappa shape index (κ3) is 4.22. The Hall–Kier alpha value is -4.00. The molecule has 1 amide bonds. The van der Waals surface area contributed by atoms with Crippen molar-refractivity contribution in [1.82, 2.24) is 14.5 Å². The molecule has 4 aromatic rings. The van der Waals surface area contributed by atoms with Crippen molar-refractivity contribution in [1.29, 1.82) is 0 Å². The minimum Gasteiger partial charge on any atom is -0.494 e. The van der Waals surface area contributed by atoms with Gasteiger partial charge in [0.25, 0.3) is 11.5 Å². The van der Waals surface area contributed by atoms with Crippen molar-refractivity contribution >= 4 is 16.8 Å². The highest BCUT2D eigenvalue weighted by atomic mass is 19.1. The number of carbonyl (C=O) groups is 1. The van der Waals surface area contributed by atoms with E-state index in [9.17, 15) is 14.0 Å². The number of halogens is 1. The van der Waals surface area contributed by atoms with Crippen LogP contribution in [0.25, 0.3) is 16.6 Å². The zero-order chi connectivity index (χ0) is 23.5. The van der Waals surface area contributed by atoms with Gasteiger partial charge in [-0.3, -0.25) is 14.2 Å². The molecule has 0 bridgehead atoms. The molecule has 33 heavy (non-hydrogen) atoms. The van der Waals surface area contributed by atoms with Gasteiger partial charge in [0.05, 0.1) is 34.8 Å². The Morgan fingerprint density at radius 3 is 2.42 bits per heavy atom. The molecule has 0 saturated carbocycles. The van der Waals surface area contributed by atoms with E-state index in [1.165, 1.54) is 27.7 Å². The number of para-hydroxylation sites is 1. The highest BCUT2D eigenvalue weighted by Gasteiger charge is 2.26. The van der Waals surface area contributed by atoms with Crippen LogP contribution in [0.15, 0.2) is 77.6 Å². The smallest absolute Gasteiger partial charge is 0.266 e. The average Bonchev–Trinajstić information content (AvgIpc) is 2.84. The Labute approximate surface area is 190 Å². The summed E-state index contributed by atoms with van der Waals surface area (Å²) >= 11 is 0. The summed E-state index contributed by atoms with van der Waals surface area (Å²) in [6.07, 6.45) is 0. The van der Waals surface area contributed by atoms with Crippen molar-refractivity contribution < 1.29 is 13.9 Å². The highest BCUT2D eigenvalue weighted by molar-refractivity contribution is 5.94. The molecule has 6 nitrogen and oxygen atoms in total. The molecular formula is C26H24FN3O3. The molecule has 0 saturated heterocycles. The fourth-order valence-corrected chi connectivity index (χ4v) is 3.71. The van der Waals surface area contributed by atoms with Crippen molar-refractivity contribution in [3.63, 3.8) is 0 Å².